The Morgan fingerprint density at radius 2 is 2.00 bits per heavy atom. The zero-order valence-electron chi connectivity index (χ0n) is 16.8. The van der Waals surface area contributed by atoms with Gasteiger partial charge >= 0.3 is 5.97 Å². The first kappa shape index (κ1) is 23.0. The number of halogens is 1. The summed E-state index contributed by atoms with van der Waals surface area (Å²) in [5.74, 6) is 0.416. The minimum atomic E-state index is -0.609. The Balaban J connectivity index is 2.10. The number of alkyl halides is 1. The number of carbonyl (C=O) groups excluding carboxylic acids is 2. The largest absolute Gasteiger partial charge is 0.497 e. The predicted molar refractivity (Wildman–Crippen MR) is 115 cm³/mol. The van der Waals surface area contributed by atoms with E-state index in [1.54, 1.807) is 32.7 Å². The van der Waals surface area contributed by atoms with Gasteiger partial charge in [-0.05, 0) is 42.0 Å². The molecule has 0 spiro atoms. The summed E-state index contributed by atoms with van der Waals surface area (Å²) in [6.45, 7) is 4.08. The number of nitrogens with one attached hydrogen (secondary N) is 1. The Morgan fingerprint density at radius 3 is 2.59 bits per heavy atom. The van der Waals surface area contributed by atoms with Gasteiger partial charge in [-0.15, -0.1) is 0 Å². The first-order valence-electron chi connectivity index (χ1n) is 9.06. The number of benzene rings is 1. The van der Waals surface area contributed by atoms with Gasteiger partial charge in [0, 0.05) is 11.5 Å². The Morgan fingerprint density at radius 1 is 1.31 bits per heavy atom. The number of aromatic nitrogens is 4. The number of ether oxygens (including phenoxy) is 2. The van der Waals surface area contributed by atoms with E-state index in [1.165, 1.54) is 4.90 Å². The van der Waals surface area contributed by atoms with E-state index in [1.807, 2.05) is 24.3 Å². The molecule has 1 heterocycles. The lowest BCUT2D eigenvalue weighted by Crippen LogP contribution is -2.52. The van der Waals surface area contributed by atoms with E-state index in [9.17, 15) is 9.59 Å². The standard InChI is InChI=1S/C18H25IN6O4/c1-5-29-17(27)12(2)20-15(10-19)16(26)24(3)18-21-22-23-25(18)11-13-6-8-14(28-4)9-7-13/h6-9,12,15,20H,5,10-11H2,1-4H3/t12-,15-/m0/s1. The Hall–Kier alpha value is -2.28. The lowest BCUT2D eigenvalue weighted by Gasteiger charge is -2.24. The van der Waals surface area contributed by atoms with Crippen LogP contribution in [0.25, 0.3) is 0 Å². The molecule has 1 aromatic heterocycles. The molecular weight excluding hydrogens is 491 g/mol. The van der Waals surface area contributed by atoms with Gasteiger partial charge < -0.3 is 9.47 Å². The molecule has 0 saturated carbocycles. The van der Waals surface area contributed by atoms with Crippen LogP contribution in [0.2, 0.25) is 0 Å². The van der Waals surface area contributed by atoms with Crippen molar-refractivity contribution in [3.05, 3.63) is 29.8 Å². The minimum Gasteiger partial charge on any atom is -0.497 e. The van der Waals surface area contributed by atoms with Crippen LogP contribution in [-0.4, -0.2) is 69.4 Å². The molecule has 1 aromatic carbocycles. The Kier molecular flexibility index (Phi) is 8.76. The van der Waals surface area contributed by atoms with Crippen LogP contribution in [0.15, 0.2) is 24.3 Å². The van der Waals surface area contributed by atoms with Crippen LogP contribution >= 0.6 is 22.6 Å². The molecule has 0 aliphatic heterocycles. The molecule has 2 aromatic rings. The van der Waals surface area contributed by atoms with E-state index >= 15 is 0 Å². The fourth-order valence-electron chi connectivity index (χ4n) is 2.60. The first-order valence-corrected chi connectivity index (χ1v) is 10.6. The third-order valence-corrected chi connectivity index (χ3v) is 5.06. The minimum absolute atomic E-state index is 0.249. The number of hydrogen-bond acceptors (Lipinski definition) is 8. The smallest absolute Gasteiger partial charge is 0.322 e. The summed E-state index contributed by atoms with van der Waals surface area (Å²) < 4.78 is 12.2. The van der Waals surface area contributed by atoms with Crippen LogP contribution < -0.4 is 15.0 Å². The highest BCUT2D eigenvalue weighted by Gasteiger charge is 2.28. The first-order chi connectivity index (χ1) is 13.9. The number of tetrazole rings is 1. The van der Waals surface area contributed by atoms with Gasteiger partial charge in [0.25, 0.3) is 5.95 Å². The molecule has 29 heavy (non-hydrogen) atoms. The summed E-state index contributed by atoms with van der Waals surface area (Å²) in [5, 5.41) is 14.7. The van der Waals surface area contributed by atoms with E-state index < -0.39 is 18.1 Å². The fourth-order valence-corrected chi connectivity index (χ4v) is 3.23. The second-order valence-corrected chi connectivity index (χ2v) is 7.11. The molecule has 0 unspecified atom stereocenters. The van der Waals surface area contributed by atoms with Crippen molar-refractivity contribution in [2.45, 2.75) is 32.5 Å². The number of anilines is 1. The molecule has 2 atom stereocenters. The van der Waals surface area contributed by atoms with Crippen LogP contribution in [0.5, 0.6) is 5.75 Å². The second kappa shape index (κ2) is 11.0. The summed E-state index contributed by atoms with van der Waals surface area (Å²) in [4.78, 5) is 26.2. The van der Waals surface area contributed by atoms with Crippen LogP contribution in [0.4, 0.5) is 5.95 Å². The van der Waals surface area contributed by atoms with Gasteiger partial charge in [-0.25, -0.2) is 4.68 Å². The highest BCUT2D eigenvalue weighted by Crippen LogP contribution is 2.15. The lowest BCUT2D eigenvalue weighted by molar-refractivity contribution is -0.145. The van der Waals surface area contributed by atoms with Crippen LogP contribution in [0.1, 0.15) is 19.4 Å². The number of hydrogen-bond donors (Lipinski definition) is 1. The Labute approximate surface area is 183 Å². The number of rotatable bonds is 10. The maximum atomic E-state index is 13.0. The molecule has 0 aliphatic carbocycles. The van der Waals surface area contributed by atoms with Gasteiger partial charge in [-0.3, -0.25) is 19.8 Å². The van der Waals surface area contributed by atoms with Crippen molar-refractivity contribution >= 4 is 40.4 Å². The van der Waals surface area contributed by atoms with E-state index in [-0.39, 0.29) is 12.5 Å². The average molecular weight is 516 g/mol. The van der Waals surface area contributed by atoms with E-state index in [4.69, 9.17) is 9.47 Å². The lowest BCUT2D eigenvalue weighted by atomic mass is 10.2. The molecule has 0 fully saturated rings. The van der Waals surface area contributed by atoms with Crippen LogP contribution in [0.3, 0.4) is 0 Å². The average Bonchev–Trinajstić information content (AvgIpc) is 3.19. The molecule has 1 N–H and O–H groups in total. The number of methoxy groups -OCH3 is 1. The van der Waals surface area contributed by atoms with Gasteiger partial charge in [0.15, 0.2) is 0 Å². The predicted octanol–water partition coefficient (Wildman–Crippen LogP) is 1.04. The molecule has 11 heteroatoms. The molecular formula is C18H25IN6O4. The third-order valence-electron chi connectivity index (χ3n) is 4.18. The Bertz CT molecular complexity index is 813. The van der Waals surface area contributed by atoms with Crippen molar-refractivity contribution < 1.29 is 19.1 Å². The summed E-state index contributed by atoms with van der Waals surface area (Å²) in [5.41, 5.74) is 0.958. The van der Waals surface area contributed by atoms with Gasteiger partial charge in [0.1, 0.15) is 11.8 Å². The third kappa shape index (κ3) is 6.10. The summed E-state index contributed by atoms with van der Waals surface area (Å²) in [6.07, 6.45) is 0. The number of nitrogens with zero attached hydrogens (tertiary/aromatic N) is 5. The zero-order chi connectivity index (χ0) is 21.4. The van der Waals surface area contributed by atoms with Crippen molar-refractivity contribution in [2.75, 3.05) is 30.1 Å². The van der Waals surface area contributed by atoms with E-state index in [2.05, 4.69) is 43.4 Å². The maximum Gasteiger partial charge on any atom is 0.322 e. The summed E-state index contributed by atoms with van der Waals surface area (Å²) in [6, 6.07) is 6.31. The van der Waals surface area contributed by atoms with Crippen molar-refractivity contribution in [1.82, 2.24) is 25.5 Å². The second-order valence-electron chi connectivity index (χ2n) is 6.23. The van der Waals surface area contributed by atoms with Crippen molar-refractivity contribution in [1.29, 1.82) is 0 Å². The SMILES string of the molecule is CCOC(=O)[C@H](C)N[C@@H](CI)C(=O)N(C)c1nnnn1Cc1ccc(OC)cc1. The molecule has 10 nitrogen and oxygen atoms in total. The quantitative estimate of drug-likeness (QED) is 0.283. The molecule has 0 saturated heterocycles. The molecule has 0 bridgehead atoms. The normalized spacial score (nSPS) is 12.9. The monoisotopic (exact) mass is 516 g/mol. The highest BCUT2D eigenvalue weighted by atomic mass is 127. The van der Waals surface area contributed by atoms with E-state index in [0.29, 0.717) is 16.9 Å². The van der Waals surface area contributed by atoms with Gasteiger partial charge in [0.2, 0.25) is 5.91 Å². The molecule has 2 rings (SSSR count). The molecule has 1 amide bonds. The topological polar surface area (TPSA) is 111 Å². The van der Waals surface area contributed by atoms with Crippen molar-refractivity contribution in [3.8, 4) is 5.75 Å². The van der Waals surface area contributed by atoms with Crippen LogP contribution in [0, 0.1) is 0 Å². The maximum absolute atomic E-state index is 13.0. The number of carbonyl (C=O) groups is 2. The number of esters is 1. The van der Waals surface area contributed by atoms with Crippen LogP contribution in [-0.2, 0) is 20.9 Å². The van der Waals surface area contributed by atoms with E-state index in [0.717, 1.165) is 11.3 Å². The summed E-state index contributed by atoms with van der Waals surface area (Å²) >= 11 is 2.10. The molecule has 158 valence electrons. The van der Waals surface area contributed by atoms with Gasteiger partial charge in [0.05, 0.1) is 26.3 Å². The zero-order valence-corrected chi connectivity index (χ0v) is 19.0. The molecule has 0 aliphatic rings. The van der Waals surface area contributed by atoms with Gasteiger partial charge in [-0.1, -0.05) is 39.8 Å². The highest BCUT2D eigenvalue weighted by molar-refractivity contribution is 14.1. The summed E-state index contributed by atoms with van der Waals surface area (Å²) in [7, 11) is 3.21. The molecule has 0 radical (unpaired) electrons. The fraction of sp³-hybridized carbons (Fsp3) is 0.500. The number of amides is 1. The number of likely N-dealkylation sites (N-methyl/N-ethyl adjacent to an activating group) is 1. The van der Waals surface area contributed by atoms with Gasteiger partial charge in [-0.2, -0.15) is 0 Å². The van der Waals surface area contributed by atoms with Crippen molar-refractivity contribution in [2.24, 2.45) is 0 Å². The van der Waals surface area contributed by atoms with Crippen molar-refractivity contribution in [3.63, 3.8) is 0 Å².